The van der Waals surface area contributed by atoms with Crippen molar-refractivity contribution in [1.82, 2.24) is 0 Å². The van der Waals surface area contributed by atoms with Crippen molar-refractivity contribution in [2.75, 3.05) is 24.6 Å². The summed E-state index contributed by atoms with van der Waals surface area (Å²) in [6.45, 7) is 3.81. The summed E-state index contributed by atoms with van der Waals surface area (Å²) in [6.07, 6.45) is -2.89. The molecule has 0 aliphatic carbocycles. The lowest BCUT2D eigenvalue weighted by atomic mass is 10.1. The zero-order valence-electron chi connectivity index (χ0n) is 10.2. The minimum Gasteiger partial charge on any atom is -0.395 e. The first kappa shape index (κ1) is 15.2. The van der Waals surface area contributed by atoms with Crippen molar-refractivity contribution in [1.29, 1.82) is 0 Å². The number of hydrogen-bond acceptors (Lipinski definition) is 3. The molecule has 0 heterocycles. The first-order valence-corrected chi connectivity index (χ1v) is 5.57. The van der Waals surface area contributed by atoms with Crippen molar-refractivity contribution in [2.45, 2.75) is 6.18 Å². The predicted octanol–water partition coefficient (Wildman–Crippen LogP) is 2.50. The molecule has 0 radical (unpaired) electrons. The largest absolute Gasteiger partial charge is 0.417 e. The Morgan fingerprint density at radius 3 is 2.53 bits per heavy atom. The molecule has 0 fully saturated rings. The lowest BCUT2D eigenvalue weighted by molar-refractivity contribution is -0.137. The summed E-state index contributed by atoms with van der Waals surface area (Å²) in [4.78, 5) is 12.2. The van der Waals surface area contributed by atoms with E-state index < -0.39 is 17.3 Å². The lowest BCUT2D eigenvalue weighted by Gasteiger charge is -2.23. The van der Waals surface area contributed by atoms with Crippen molar-refractivity contribution in [3.63, 3.8) is 0 Å². The first-order chi connectivity index (χ1) is 8.93. The first-order valence-electron chi connectivity index (χ1n) is 5.57. The Morgan fingerprint density at radius 1 is 1.37 bits per heavy atom. The van der Waals surface area contributed by atoms with Crippen molar-refractivity contribution in [3.8, 4) is 0 Å². The zero-order valence-corrected chi connectivity index (χ0v) is 10.2. The van der Waals surface area contributed by atoms with Crippen LogP contribution >= 0.6 is 0 Å². The maximum absolute atomic E-state index is 12.8. The van der Waals surface area contributed by atoms with Crippen LogP contribution in [-0.4, -0.2) is 31.1 Å². The number of aliphatic hydroxyl groups is 1. The highest BCUT2D eigenvalue weighted by Gasteiger charge is 2.33. The molecule has 0 aromatic heterocycles. The second kappa shape index (κ2) is 6.38. The zero-order chi connectivity index (χ0) is 14.5. The number of nitrogens with zero attached hydrogens (tertiary/aromatic N) is 1. The van der Waals surface area contributed by atoms with Crippen LogP contribution in [0.25, 0.3) is 0 Å². The van der Waals surface area contributed by atoms with Gasteiger partial charge in [0.05, 0.1) is 12.2 Å². The Morgan fingerprint density at radius 2 is 2.05 bits per heavy atom. The Bertz CT molecular complexity index is 458. The summed E-state index contributed by atoms with van der Waals surface area (Å²) in [5.41, 5.74) is -1.10. The molecule has 104 valence electrons. The molecule has 0 bridgehead atoms. The summed E-state index contributed by atoms with van der Waals surface area (Å²) in [7, 11) is 0. The van der Waals surface area contributed by atoms with Crippen LogP contribution in [0.15, 0.2) is 30.9 Å². The molecule has 3 nitrogen and oxygen atoms in total. The van der Waals surface area contributed by atoms with Crippen LogP contribution < -0.4 is 4.90 Å². The summed E-state index contributed by atoms with van der Waals surface area (Å²) in [5, 5.41) is 8.90. The number of alkyl halides is 3. The summed E-state index contributed by atoms with van der Waals surface area (Å²) in [5.74, 6) is 0. The van der Waals surface area contributed by atoms with Gasteiger partial charge in [-0.3, -0.25) is 4.79 Å². The van der Waals surface area contributed by atoms with Crippen molar-refractivity contribution in [2.24, 2.45) is 0 Å². The van der Waals surface area contributed by atoms with Gasteiger partial charge in [0.1, 0.15) is 0 Å². The summed E-state index contributed by atoms with van der Waals surface area (Å²) >= 11 is 0. The second-order valence-electron chi connectivity index (χ2n) is 3.85. The van der Waals surface area contributed by atoms with E-state index in [2.05, 4.69) is 6.58 Å². The van der Waals surface area contributed by atoms with Gasteiger partial charge < -0.3 is 10.0 Å². The van der Waals surface area contributed by atoms with Crippen LogP contribution in [0, 0.1) is 0 Å². The van der Waals surface area contributed by atoms with Crippen LogP contribution in [0.2, 0.25) is 0 Å². The Hall–Kier alpha value is -1.82. The Kier molecular flexibility index (Phi) is 5.11. The van der Waals surface area contributed by atoms with Gasteiger partial charge >= 0.3 is 6.18 Å². The topological polar surface area (TPSA) is 40.5 Å². The lowest BCUT2D eigenvalue weighted by Crippen LogP contribution is -2.27. The SMILES string of the molecule is C=CCN(CCO)c1ccc(C=O)c(C(F)(F)F)c1. The normalized spacial score (nSPS) is 11.2. The number of carbonyl (C=O) groups excluding carboxylic acids is 1. The Labute approximate surface area is 109 Å². The number of rotatable bonds is 6. The molecule has 0 amide bonds. The molecule has 0 aliphatic rings. The number of aldehydes is 1. The molecule has 1 aromatic carbocycles. The third-order valence-corrected chi connectivity index (χ3v) is 2.55. The van der Waals surface area contributed by atoms with Gasteiger partial charge in [0.15, 0.2) is 6.29 Å². The minimum absolute atomic E-state index is 0.177. The molecule has 6 heteroatoms. The third kappa shape index (κ3) is 3.82. The van der Waals surface area contributed by atoms with Crippen LogP contribution in [0.3, 0.4) is 0 Å². The molecule has 0 spiro atoms. The summed E-state index contributed by atoms with van der Waals surface area (Å²) in [6, 6.07) is 3.44. The fraction of sp³-hybridized carbons (Fsp3) is 0.308. The van der Waals surface area contributed by atoms with E-state index in [0.29, 0.717) is 6.54 Å². The van der Waals surface area contributed by atoms with E-state index >= 15 is 0 Å². The number of hydrogen-bond donors (Lipinski definition) is 1. The molecule has 0 unspecified atom stereocenters. The number of aliphatic hydroxyl groups excluding tert-OH is 1. The number of benzene rings is 1. The monoisotopic (exact) mass is 273 g/mol. The van der Waals surface area contributed by atoms with Crippen LogP contribution in [0.1, 0.15) is 15.9 Å². The maximum atomic E-state index is 12.8. The molecular formula is C13H14F3NO2. The standard InChI is InChI=1S/C13H14F3NO2/c1-2-5-17(6-7-18)11-4-3-10(9-19)12(8-11)13(14,15)16/h2-4,8-9,18H,1,5-7H2. The molecule has 0 saturated heterocycles. The third-order valence-electron chi connectivity index (χ3n) is 2.55. The molecular weight excluding hydrogens is 259 g/mol. The van der Waals surface area contributed by atoms with Gasteiger partial charge in [-0.05, 0) is 18.2 Å². The van der Waals surface area contributed by atoms with E-state index in [9.17, 15) is 18.0 Å². The van der Waals surface area contributed by atoms with Gasteiger partial charge in [0.2, 0.25) is 0 Å². The molecule has 1 N–H and O–H groups in total. The van der Waals surface area contributed by atoms with E-state index in [1.807, 2.05) is 0 Å². The number of carbonyl (C=O) groups is 1. The highest BCUT2D eigenvalue weighted by molar-refractivity contribution is 5.79. The molecule has 1 rings (SSSR count). The fourth-order valence-electron chi connectivity index (χ4n) is 1.69. The van der Waals surface area contributed by atoms with E-state index in [0.717, 1.165) is 12.1 Å². The fourth-order valence-corrected chi connectivity index (χ4v) is 1.69. The van der Waals surface area contributed by atoms with Crippen LogP contribution in [-0.2, 0) is 6.18 Å². The smallest absolute Gasteiger partial charge is 0.395 e. The van der Waals surface area contributed by atoms with Gasteiger partial charge in [-0.2, -0.15) is 13.2 Å². The van der Waals surface area contributed by atoms with Gasteiger partial charge in [0.25, 0.3) is 0 Å². The highest BCUT2D eigenvalue weighted by atomic mass is 19.4. The van der Waals surface area contributed by atoms with E-state index in [-0.39, 0.29) is 25.1 Å². The second-order valence-corrected chi connectivity index (χ2v) is 3.85. The average molecular weight is 273 g/mol. The minimum atomic E-state index is -4.59. The quantitative estimate of drug-likeness (QED) is 0.639. The van der Waals surface area contributed by atoms with E-state index in [4.69, 9.17) is 5.11 Å². The summed E-state index contributed by atoms with van der Waals surface area (Å²) < 4.78 is 38.4. The van der Waals surface area contributed by atoms with E-state index in [1.165, 1.54) is 17.0 Å². The maximum Gasteiger partial charge on any atom is 0.417 e. The molecule has 19 heavy (non-hydrogen) atoms. The molecule has 0 aliphatic heterocycles. The van der Waals surface area contributed by atoms with Gasteiger partial charge in [-0.1, -0.05) is 6.08 Å². The van der Waals surface area contributed by atoms with Crippen LogP contribution in [0.5, 0.6) is 0 Å². The molecule has 1 aromatic rings. The van der Waals surface area contributed by atoms with Gasteiger partial charge in [-0.25, -0.2) is 0 Å². The highest BCUT2D eigenvalue weighted by Crippen LogP contribution is 2.34. The van der Waals surface area contributed by atoms with Crippen molar-refractivity contribution >= 4 is 12.0 Å². The number of anilines is 1. The predicted molar refractivity (Wildman–Crippen MR) is 66.3 cm³/mol. The van der Waals surface area contributed by atoms with Gasteiger partial charge in [0, 0.05) is 24.3 Å². The van der Waals surface area contributed by atoms with Gasteiger partial charge in [-0.15, -0.1) is 6.58 Å². The van der Waals surface area contributed by atoms with E-state index in [1.54, 1.807) is 0 Å². The van der Waals surface area contributed by atoms with Crippen LogP contribution in [0.4, 0.5) is 18.9 Å². The van der Waals surface area contributed by atoms with Crippen molar-refractivity contribution in [3.05, 3.63) is 42.0 Å². The Balaban J connectivity index is 3.22. The van der Waals surface area contributed by atoms with Crippen molar-refractivity contribution < 1.29 is 23.1 Å². The number of halogens is 3. The molecule has 0 saturated carbocycles. The average Bonchev–Trinajstić information content (AvgIpc) is 2.37. The molecule has 0 atom stereocenters.